The molecule has 1 aliphatic heterocycles. The van der Waals surface area contributed by atoms with E-state index in [1.807, 2.05) is 73.7 Å². The van der Waals surface area contributed by atoms with Gasteiger partial charge in [0, 0.05) is 12.0 Å². The highest BCUT2D eigenvalue weighted by molar-refractivity contribution is 7.61. The van der Waals surface area contributed by atoms with E-state index >= 15 is 0 Å². The largest absolute Gasteiger partial charge is 0.382 e. The number of ether oxygens (including phenoxy) is 2. The molecule has 1 aromatic heterocycles. The highest BCUT2D eigenvalue weighted by Crippen LogP contribution is 2.45. The normalized spacial score (nSPS) is 18.8. The first-order valence-electron chi connectivity index (χ1n) is 13.9. The van der Waals surface area contributed by atoms with Crippen molar-refractivity contribution < 1.29 is 28.6 Å². The molecule has 4 aromatic rings. The van der Waals surface area contributed by atoms with Gasteiger partial charge in [0.25, 0.3) is 0 Å². The minimum Gasteiger partial charge on any atom is -0.382 e. The predicted molar refractivity (Wildman–Crippen MR) is 156 cm³/mol. The summed E-state index contributed by atoms with van der Waals surface area (Å²) in [6.45, 7) is 4.87. The average Bonchev–Trinajstić information content (AvgIpc) is 2.99. The summed E-state index contributed by atoms with van der Waals surface area (Å²) < 4.78 is 30.8. The van der Waals surface area contributed by atoms with Crippen LogP contribution in [0.4, 0.5) is 0 Å². The second kappa shape index (κ2) is 12.7. The molecule has 0 aliphatic carbocycles. The Morgan fingerprint density at radius 3 is 2.50 bits per heavy atom. The van der Waals surface area contributed by atoms with Gasteiger partial charge in [-0.25, -0.2) is 4.98 Å². The standard InChI is InChI=1S/C32H36NO6P/c1-3-22(2)39-40(35,36)29-20-27(24-14-12-23(13-15-24)21-38-30-11-7-8-18-37-30)19-26-16-17-28(33-31(26)29)32(34)25-9-5-4-6-10-25/h4-6,9-10,12-17,19-20,22,30,32,34H,3,7-8,11,18,21H2,1-2H3,(H,35,36). The van der Waals surface area contributed by atoms with Crippen LogP contribution in [0.3, 0.4) is 0 Å². The van der Waals surface area contributed by atoms with Crippen molar-refractivity contribution in [3.63, 3.8) is 0 Å². The first-order valence-corrected chi connectivity index (χ1v) is 15.4. The van der Waals surface area contributed by atoms with Gasteiger partial charge in [-0.15, -0.1) is 0 Å². The van der Waals surface area contributed by atoms with Crippen molar-refractivity contribution in [3.8, 4) is 11.1 Å². The number of aliphatic hydroxyl groups is 1. The van der Waals surface area contributed by atoms with Crippen molar-refractivity contribution in [2.24, 2.45) is 0 Å². The van der Waals surface area contributed by atoms with Crippen molar-refractivity contribution in [1.82, 2.24) is 4.98 Å². The SMILES string of the molecule is CCC(C)OP(=O)(O)c1cc(-c2ccc(COC3CCCCO3)cc2)cc2ccc(C(O)c3ccccc3)nc12. The molecule has 4 atom stereocenters. The average molecular weight is 562 g/mol. The smallest absolute Gasteiger partial charge is 0.361 e. The Balaban J connectivity index is 1.49. The lowest BCUT2D eigenvalue weighted by atomic mass is 10.0. The minimum atomic E-state index is -4.25. The molecular formula is C32H36NO6P. The van der Waals surface area contributed by atoms with Crippen molar-refractivity contribution in [2.75, 3.05) is 6.61 Å². The number of benzene rings is 3. The van der Waals surface area contributed by atoms with Crippen LogP contribution >= 0.6 is 7.60 Å². The van der Waals surface area contributed by atoms with Crippen LogP contribution in [-0.2, 0) is 25.2 Å². The fourth-order valence-electron chi connectivity index (χ4n) is 4.77. The molecule has 8 heteroatoms. The van der Waals surface area contributed by atoms with Crippen LogP contribution < -0.4 is 5.30 Å². The van der Waals surface area contributed by atoms with E-state index in [-0.39, 0.29) is 11.6 Å². The highest BCUT2D eigenvalue weighted by Gasteiger charge is 2.30. The third kappa shape index (κ3) is 6.69. The van der Waals surface area contributed by atoms with Crippen LogP contribution in [0.1, 0.15) is 62.5 Å². The van der Waals surface area contributed by atoms with E-state index in [0.29, 0.717) is 35.2 Å². The van der Waals surface area contributed by atoms with Gasteiger partial charge in [-0.3, -0.25) is 4.57 Å². The number of hydrogen-bond acceptors (Lipinski definition) is 6. The second-order valence-corrected chi connectivity index (χ2v) is 12.0. The van der Waals surface area contributed by atoms with E-state index in [1.165, 1.54) is 0 Å². The first-order chi connectivity index (χ1) is 19.3. The van der Waals surface area contributed by atoms with Gasteiger partial charge >= 0.3 is 7.60 Å². The number of fused-ring (bicyclic) bond motifs is 1. The van der Waals surface area contributed by atoms with Gasteiger partial charge in [0.2, 0.25) is 0 Å². The van der Waals surface area contributed by atoms with E-state index in [2.05, 4.69) is 4.98 Å². The number of hydrogen-bond donors (Lipinski definition) is 2. The van der Waals surface area contributed by atoms with Crippen molar-refractivity contribution in [1.29, 1.82) is 0 Å². The molecule has 210 valence electrons. The van der Waals surface area contributed by atoms with E-state index < -0.39 is 19.8 Å². The van der Waals surface area contributed by atoms with Crippen LogP contribution in [0.25, 0.3) is 22.0 Å². The number of aromatic nitrogens is 1. The molecule has 1 aliphatic rings. The van der Waals surface area contributed by atoms with E-state index in [0.717, 1.165) is 42.6 Å². The van der Waals surface area contributed by atoms with Crippen LogP contribution in [0, 0.1) is 0 Å². The van der Waals surface area contributed by atoms with Gasteiger partial charge in [-0.2, -0.15) is 0 Å². The molecule has 1 fully saturated rings. The third-order valence-electron chi connectivity index (χ3n) is 7.25. The van der Waals surface area contributed by atoms with E-state index in [4.69, 9.17) is 14.0 Å². The monoisotopic (exact) mass is 561 g/mol. The Bertz CT molecular complexity index is 1470. The maximum absolute atomic E-state index is 13.6. The molecule has 0 bridgehead atoms. The lowest BCUT2D eigenvalue weighted by Crippen LogP contribution is -2.21. The minimum absolute atomic E-state index is 0.115. The fourth-order valence-corrected chi connectivity index (χ4v) is 6.27. The third-order valence-corrected chi connectivity index (χ3v) is 8.85. The summed E-state index contributed by atoms with van der Waals surface area (Å²) >= 11 is 0. The maximum Gasteiger partial charge on any atom is 0.361 e. The van der Waals surface area contributed by atoms with Crippen LogP contribution in [0.15, 0.2) is 78.9 Å². The molecule has 0 amide bonds. The van der Waals surface area contributed by atoms with Gasteiger partial charge in [0.15, 0.2) is 6.29 Å². The van der Waals surface area contributed by atoms with Gasteiger partial charge in [0.1, 0.15) is 6.10 Å². The summed E-state index contributed by atoms with van der Waals surface area (Å²) in [6.07, 6.45) is 2.15. The number of pyridine rings is 1. The number of aliphatic hydroxyl groups excluding tert-OH is 1. The molecule has 1 saturated heterocycles. The topological polar surface area (TPSA) is 98.1 Å². The Morgan fingerprint density at radius 1 is 1.02 bits per heavy atom. The maximum atomic E-state index is 13.6. The Morgan fingerprint density at radius 2 is 1.80 bits per heavy atom. The van der Waals surface area contributed by atoms with Crippen LogP contribution in [0.5, 0.6) is 0 Å². The summed E-state index contributed by atoms with van der Waals surface area (Å²) in [5, 5.41) is 11.8. The van der Waals surface area contributed by atoms with Gasteiger partial charge in [-0.05, 0) is 73.1 Å². The molecule has 0 radical (unpaired) electrons. The zero-order valence-corrected chi connectivity index (χ0v) is 23.8. The summed E-state index contributed by atoms with van der Waals surface area (Å²) in [6, 6.07) is 24.3. The molecule has 40 heavy (non-hydrogen) atoms. The highest BCUT2D eigenvalue weighted by atomic mass is 31.2. The van der Waals surface area contributed by atoms with Gasteiger partial charge in [-0.1, -0.05) is 67.6 Å². The van der Waals surface area contributed by atoms with Gasteiger partial charge in [0.05, 0.1) is 29.2 Å². The molecule has 7 nitrogen and oxygen atoms in total. The van der Waals surface area contributed by atoms with E-state index in [9.17, 15) is 14.6 Å². The summed E-state index contributed by atoms with van der Waals surface area (Å²) in [5.74, 6) is 0. The molecule has 0 spiro atoms. The summed E-state index contributed by atoms with van der Waals surface area (Å²) in [4.78, 5) is 15.8. The second-order valence-electron chi connectivity index (χ2n) is 10.3. The fraction of sp³-hybridized carbons (Fsp3) is 0.344. The van der Waals surface area contributed by atoms with Gasteiger partial charge < -0.3 is 24.0 Å². The Hall–Kier alpha value is -2.90. The van der Waals surface area contributed by atoms with Crippen LogP contribution in [0.2, 0.25) is 0 Å². The van der Waals surface area contributed by atoms with E-state index in [1.54, 1.807) is 19.1 Å². The van der Waals surface area contributed by atoms with Crippen molar-refractivity contribution in [2.45, 2.75) is 64.6 Å². The quantitative estimate of drug-likeness (QED) is 0.209. The molecule has 2 N–H and O–H groups in total. The summed E-state index contributed by atoms with van der Waals surface area (Å²) in [5.41, 5.74) is 4.09. The zero-order chi connectivity index (χ0) is 28.1. The Labute approximate surface area is 235 Å². The lowest BCUT2D eigenvalue weighted by molar-refractivity contribution is -0.168. The number of rotatable bonds is 10. The molecular weight excluding hydrogens is 525 g/mol. The summed E-state index contributed by atoms with van der Waals surface area (Å²) in [7, 11) is -4.25. The molecule has 2 heterocycles. The molecule has 3 aromatic carbocycles. The predicted octanol–water partition coefficient (Wildman–Crippen LogP) is 6.65. The molecule has 5 rings (SSSR count). The first kappa shape index (κ1) is 28.6. The number of nitrogens with zero attached hydrogens (tertiary/aromatic N) is 1. The lowest BCUT2D eigenvalue weighted by Gasteiger charge is -2.22. The van der Waals surface area contributed by atoms with Crippen molar-refractivity contribution >= 4 is 23.8 Å². The zero-order valence-electron chi connectivity index (χ0n) is 22.9. The van der Waals surface area contributed by atoms with Crippen molar-refractivity contribution in [3.05, 3.63) is 95.7 Å². The van der Waals surface area contributed by atoms with Crippen LogP contribution in [-0.4, -0.2) is 34.0 Å². The molecule has 4 unspecified atom stereocenters. The Kier molecular flexibility index (Phi) is 9.11. The molecule has 0 saturated carbocycles.